The van der Waals surface area contributed by atoms with Gasteiger partial charge in [-0.05, 0) is 30.5 Å². The molecule has 0 spiro atoms. The number of hydrogen-bond donors (Lipinski definition) is 1. The zero-order valence-corrected chi connectivity index (χ0v) is 16.9. The first kappa shape index (κ1) is 17.9. The van der Waals surface area contributed by atoms with E-state index in [2.05, 4.69) is 24.8 Å². The highest BCUT2D eigenvalue weighted by atomic mass is 32.1. The van der Waals surface area contributed by atoms with Crippen molar-refractivity contribution in [3.8, 4) is 10.7 Å². The van der Waals surface area contributed by atoms with Crippen LogP contribution in [0.4, 0.5) is 10.7 Å². The molecule has 0 unspecified atom stereocenters. The average molecular weight is 408 g/mol. The number of carbonyl (C=O) groups is 1. The van der Waals surface area contributed by atoms with Crippen LogP contribution in [0.5, 0.6) is 0 Å². The second-order valence-electron chi connectivity index (χ2n) is 6.90. The summed E-state index contributed by atoms with van der Waals surface area (Å²) in [6.45, 7) is 5.29. The van der Waals surface area contributed by atoms with E-state index >= 15 is 0 Å². The van der Waals surface area contributed by atoms with Gasteiger partial charge in [0.05, 0.1) is 10.4 Å². The molecule has 8 nitrogen and oxygen atoms in total. The molecule has 4 aromatic rings. The first-order valence-electron chi connectivity index (χ1n) is 9.71. The number of urea groups is 1. The van der Waals surface area contributed by atoms with E-state index in [-0.39, 0.29) is 6.03 Å². The molecular formula is C20H21N7OS. The van der Waals surface area contributed by atoms with Crippen molar-refractivity contribution in [2.45, 2.75) is 6.92 Å². The largest absolute Gasteiger partial charge is 0.338 e. The molecule has 1 fully saturated rings. The summed E-state index contributed by atoms with van der Waals surface area (Å²) in [5, 5.41) is 14.9. The Bertz CT molecular complexity index is 1160. The van der Waals surface area contributed by atoms with Crippen LogP contribution in [0, 0.1) is 0 Å². The molecule has 29 heavy (non-hydrogen) atoms. The minimum Gasteiger partial charge on any atom is -0.338 e. The number of piperazine rings is 1. The lowest BCUT2D eigenvalue weighted by Crippen LogP contribution is -2.52. The number of hydrogen-bond acceptors (Lipinski definition) is 6. The van der Waals surface area contributed by atoms with Crippen molar-refractivity contribution in [3.05, 3.63) is 41.8 Å². The SMILES string of the molecule is CCNC(=O)N1CCN(c2nc3ccccc3c3nnc(-c4cccs4)n23)CC1. The van der Waals surface area contributed by atoms with Crippen LogP contribution >= 0.6 is 11.3 Å². The highest BCUT2D eigenvalue weighted by Crippen LogP contribution is 2.30. The molecule has 0 bridgehead atoms. The van der Waals surface area contributed by atoms with Crippen molar-refractivity contribution in [1.82, 2.24) is 29.8 Å². The zero-order chi connectivity index (χ0) is 19.8. The Morgan fingerprint density at radius 3 is 2.69 bits per heavy atom. The predicted molar refractivity (Wildman–Crippen MR) is 114 cm³/mol. The Balaban J connectivity index is 1.59. The normalized spacial score (nSPS) is 14.7. The van der Waals surface area contributed by atoms with Gasteiger partial charge in [0, 0.05) is 38.1 Å². The van der Waals surface area contributed by atoms with Crippen LogP contribution in [-0.2, 0) is 0 Å². The highest BCUT2D eigenvalue weighted by molar-refractivity contribution is 7.13. The van der Waals surface area contributed by atoms with E-state index < -0.39 is 0 Å². The molecule has 2 amide bonds. The summed E-state index contributed by atoms with van der Waals surface area (Å²) in [7, 11) is 0. The minimum atomic E-state index is -0.00709. The maximum Gasteiger partial charge on any atom is 0.317 e. The van der Waals surface area contributed by atoms with Gasteiger partial charge in [-0.3, -0.25) is 0 Å². The van der Waals surface area contributed by atoms with Crippen molar-refractivity contribution in [3.63, 3.8) is 0 Å². The number of nitrogens with zero attached hydrogens (tertiary/aromatic N) is 6. The van der Waals surface area contributed by atoms with Crippen LogP contribution in [0.2, 0.25) is 0 Å². The van der Waals surface area contributed by atoms with E-state index in [1.807, 2.05) is 53.6 Å². The van der Waals surface area contributed by atoms with Crippen LogP contribution in [0.25, 0.3) is 27.3 Å². The lowest BCUT2D eigenvalue weighted by Gasteiger charge is -2.35. The number of anilines is 1. The molecule has 5 rings (SSSR count). The van der Waals surface area contributed by atoms with Gasteiger partial charge in [0.2, 0.25) is 5.95 Å². The first-order valence-corrected chi connectivity index (χ1v) is 10.6. The molecule has 1 N–H and O–H groups in total. The van der Waals surface area contributed by atoms with Gasteiger partial charge in [-0.2, -0.15) is 0 Å². The molecule has 1 aliphatic heterocycles. The number of amides is 2. The Labute approximate surface area is 171 Å². The molecule has 0 atom stereocenters. The van der Waals surface area contributed by atoms with E-state index in [1.54, 1.807) is 11.3 Å². The maximum atomic E-state index is 12.2. The first-order chi connectivity index (χ1) is 14.3. The Morgan fingerprint density at radius 1 is 1.10 bits per heavy atom. The molecule has 1 saturated heterocycles. The highest BCUT2D eigenvalue weighted by Gasteiger charge is 2.25. The third-order valence-electron chi connectivity index (χ3n) is 5.15. The summed E-state index contributed by atoms with van der Waals surface area (Å²) in [5.41, 5.74) is 1.70. The van der Waals surface area contributed by atoms with Gasteiger partial charge in [-0.1, -0.05) is 18.2 Å². The van der Waals surface area contributed by atoms with Gasteiger partial charge in [0.25, 0.3) is 0 Å². The number of thiophene rings is 1. The zero-order valence-electron chi connectivity index (χ0n) is 16.1. The number of aromatic nitrogens is 4. The topological polar surface area (TPSA) is 78.7 Å². The summed E-state index contributed by atoms with van der Waals surface area (Å²) in [6, 6.07) is 12.1. The molecular weight excluding hydrogens is 386 g/mol. The van der Waals surface area contributed by atoms with Crippen LogP contribution < -0.4 is 10.2 Å². The lowest BCUT2D eigenvalue weighted by atomic mass is 10.2. The number of para-hydroxylation sites is 1. The fourth-order valence-corrected chi connectivity index (χ4v) is 4.41. The van der Waals surface area contributed by atoms with E-state index in [1.165, 1.54) is 0 Å². The standard InChI is InChI=1S/C20H21N7OS/c1-2-21-20(28)26-11-9-25(10-12-26)19-22-15-7-4-3-6-14(15)17-23-24-18(27(17)19)16-8-5-13-29-16/h3-8,13H,2,9-12H2,1H3,(H,21,28). The van der Waals surface area contributed by atoms with Crippen LogP contribution in [0.1, 0.15) is 6.92 Å². The Morgan fingerprint density at radius 2 is 1.93 bits per heavy atom. The second kappa shape index (κ2) is 7.32. The van der Waals surface area contributed by atoms with Gasteiger partial charge >= 0.3 is 6.03 Å². The van der Waals surface area contributed by atoms with Gasteiger partial charge in [-0.25, -0.2) is 14.2 Å². The fourth-order valence-electron chi connectivity index (χ4n) is 3.72. The van der Waals surface area contributed by atoms with E-state index in [9.17, 15) is 4.79 Å². The number of rotatable bonds is 3. The molecule has 0 saturated carbocycles. The molecule has 3 aromatic heterocycles. The number of fused-ring (bicyclic) bond motifs is 3. The second-order valence-corrected chi connectivity index (χ2v) is 7.85. The van der Waals surface area contributed by atoms with Crippen molar-refractivity contribution < 1.29 is 4.79 Å². The summed E-state index contributed by atoms with van der Waals surface area (Å²) in [5.74, 6) is 1.62. The number of nitrogens with one attached hydrogen (secondary N) is 1. The van der Waals surface area contributed by atoms with Crippen LogP contribution in [0.3, 0.4) is 0 Å². The lowest BCUT2D eigenvalue weighted by molar-refractivity contribution is 0.194. The van der Waals surface area contributed by atoms with Gasteiger partial charge < -0.3 is 15.1 Å². The molecule has 0 radical (unpaired) electrons. The van der Waals surface area contributed by atoms with E-state index in [0.717, 1.165) is 33.2 Å². The Hall–Kier alpha value is -3.20. The van der Waals surface area contributed by atoms with Crippen molar-refractivity contribution in [1.29, 1.82) is 0 Å². The predicted octanol–water partition coefficient (Wildman–Crippen LogP) is 2.86. The molecule has 9 heteroatoms. The summed E-state index contributed by atoms with van der Waals surface area (Å²) in [4.78, 5) is 22.2. The molecule has 1 aliphatic rings. The maximum absolute atomic E-state index is 12.2. The minimum absolute atomic E-state index is 0.00709. The Kier molecular flexibility index (Phi) is 4.51. The molecule has 0 aliphatic carbocycles. The van der Waals surface area contributed by atoms with Gasteiger partial charge in [0.15, 0.2) is 11.5 Å². The molecule has 1 aromatic carbocycles. The smallest absolute Gasteiger partial charge is 0.317 e. The summed E-state index contributed by atoms with van der Waals surface area (Å²) in [6.07, 6.45) is 0. The van der Waals surface area contributed by atoms with E-state index in [0.29, 0.717) is 32.7 Å². The quantitative estimate of drug-likeness (QED) is 0.565. The summed E-state index contributed by atoms with van der Waals surface area (Å²) < 4.78 is 2.05. The number of carbonyl (C=O) groups excluding carboxylic acids is 1. The average Bonchev–Trinajstić information content (AvgIpc) is 3.43. The third-order valence-corrected chi connectivity index (χ3v) is 6.01. The van der Waals surface area contributed by atoms with Crippen molar-refractivity contribution in [2.75, 3.05) is 37.6 Å². The van der Waals surface area contributed by atoms with Crippen LogP contribution in [0.15, 0.2) is 41.8 Å². The monoisotopic (exact) mass is 407 g/mol. The fraction of sp³-hybridized carbons (Fsp3) is 0.300. The molecule has 148 valence electrons. The third kappa shape index (κ3) is 3.07. The van der Waals surface area contributed by atoms with Crippen molar-refractivity contribution in [2.24, 2.45) is 0 Å². The van der Waals surface area contributed by atoms with Crippen molar-refractivity contribution >= 4 is 39.9 Å². The molecule has 4 heterocycles. The summed E-state index contributed by atoms with van der Waals surface area (Å²) >= 11 is 1.64. The number of benzene rings is 1. The van der Waals surface area contributed by atoms with Crippen LogP contribution in [-0.4, -0.2) is 63.2 Å². The van der Waals surface area contributed by atoms with Gasteiger partial charge in [-0.15, -0.1) is 21.5 Å². The van der Waals surface area contributed by atoms with Gasteiger partial charge in [0.1, 0.15) is 0 Å². The van der Waals surface area contributed by atoms with E-state index in [4.69, 9.17) is 4.98 Å².